The molecule has 0 amide bonds. The van der Waals surface area contributed by atoms with Crippen LogP contribution in [-0.2, 0) is 4.74 Å². The molecule has 44 valence electrons. The molecule has 8 heavy (non-hydrogen) atoms. The summed E-state index contributed by atoms with van der Waals surface area (Å²) in [6.07, 6.45) is 0.892. The second kappa shape index (κ2) is 1.75. The Bertz CT molecular complexity index is 119. The molecule has 2 heteroatoms. The summed E-state index contributed by atoms with van der Waals surface area (Å²) in [7, 11) is 0. The minimum Gasteiger partial charge on any atom is -0.380 e. The van der Waals surface area contributed by atoms with Crippen molar-refractivity contribution in [2.75, 3.05) is 13.2 Å². The van der Waals surface area contributed by atoms with Gasteiger partial charge in [-0.05, 0) is 13.3 Å². The van der Waals surface area contributed by atoms with Crippen LogP contribution in [0.3, 0.4) is 0 Å². The molecule has 0 aromatic carbocycles. The van der Waals surface area contributed by atoms with E-state index in [0.717, 1.165) is 13.0 Å². The van der Waals surface area contributed by atoms with Crippen LogP contribution in [0.25, 0.3) is 0 Å². The SMILES string of the molecule is C[C@]1(C#N)CCOC1. The Morgan fingerprint density at radius 1 is 1.75 bits per heavy atom. The Kier molecular flexibility index (Phi) is 1.22. The lowest BCUT2D eigenvalue weighted by Crippen LogP contribution is -2.11. The quantitative estimate of drug-likeness (QED) is 0.466. The van der Waals surface area contributed by atoms with Crippen LogP contribution in [0, 0.1) is 16.7 Å². The topological polar surface area (TPSA) is 33.0 Å². The van der Waals surface area contributed by atoms with E-state index >= 15 is 0 Å². The smallest absolute Gasteiger partial charge is 0.0800 e. The first kappa shape index (κ1) is 5.58. The zero-order valence-corrected chi connectivity index (χ0v) is 4.98. The van der Waals surface area contributed by atoms with E-state index in [1.54, 1.807) is 0 Å². The first-order valence-electron chi connectivity index (χ1n) is 2.76. The van der Waals surface area contributed by atoms with E-state index in [0.29, 0.717) is 6.61 Å². The lowest BCUT2D eigenvalue weighted by molar-refractivity contribution is 0.176. The van der Waals surface area contributed by atoms with E-state index < -0.39 is 0 Å². The largest absolute Gasteiger partial charge is 0.380 e. The summed E-state index contributed by atoms with van der Waals surface area (Å²) < 4.78 is 5.03. The lowest BCUT2D eigenvalue weighted by Gasteiger charge is -2.07. The summed E-state index contributed by atoms with van der Waals surface area (Å²) in [5.74, 6) is 0. The van der Waals surface area contributed by atoms with Crippen molar-refractivity contribution in [1.82, 2.24) is 0 Å². The molecule has 0 N–H and O–H groups in total. The molecule has 0 aromatic heterocycles. The fourth-order valence-corrected chi connectivity index (χ4v) is 0.755. The molecule has 0 spiro atoms. The highest BCUT2D eigenvalue weighted by atomic mass is 16.5. The summed E-state index contributed by atoms with van der Waals surface area (Å²) in [5.41, 5.74) is -0.181. The molecule has 1 fully saturated rings. The van der Waals surface area contributed by atoms with Crippen LogP contribution in [0.1, 0.15) is 13.3 Å². The highest BCUT2D eigenvalue weighted by Gasteiger charge is 2.28. The standard InChI is InChI=1S/C6H9NO/c1-6(4-7)2-3-8-5-6/h2-3,5H2,1H3/t6-/m1/s1. The van der Waals surface area contributed by atoms with Gasteiger partial charge in [0.05, 0.1) is 18.1 Å². The minimum atomic E-state index is -0.181. The highest BCUT2D eigenvalue weighted by Crippen LogP contribution is 2.25. The van der Waals surface area contributed by atoms with Gasteiger partial charge < -0.3 is 4.74 Å². The van der Waals surface area contributed by atoms with Gasteiger partial charge in [-0.25, -0.2) is 0 Å². The molecule has 2 nitrogen and oxygen atoms in total. The molecule has 0 bridgehead atoms. The number of nitrogens with zero attached hydrogens (tertiary/aromatic N) is 1. The molecule has 1 rings (SSSR count). The summed E-state index contributed by atoms with van der Waals surface area (Å²) in [5, 5.41) is 8.50. The van der Waals surface area contributed by atoms with E-state index in [1.807, 2.05) is 6.92 Å². The Labute approximate surface area is 49.1 Å². The third-order valence-electron chi connectivity index (χ3n) is 1.49. The van der Waals surface area contributed by atoms with Gasteiger partial charge in [0.1, 0.15) is 0 Å². The summed E-state index contributed by atoms with van der Waals surface area (Å²) in [6, 6.07) is 2.22. The maximum absolute atomic E-state index is 8.50. The number of nitriles is 1. The third kappa shape index (κ3) is 0.823. The molecule has 1 saturated heterocycles. The Morgan fingerprint density at radius 3 is 2.75 bits per heavy atom. The van der Waals surface area contributed by atoms with E-state index in [4.69, 9.17) is 10.00 Å². The first-order chi connectivity index (χ1) is 3.77. The summed E-state index contributed by atoms with van der Waals surface area (Å²) in [4.78, 5) is 0. The molecule has 0 radical (unpaired) electrons. The Balaban J connectivity index is 2.56. The van der Waals surface area contributed by atoms with Crippen LogP contribution in [0.5, 0.6) is 0 Å². The zero-order chi connectivity index (χ0) is 6.04. The third-order valence-corrected chi connectivity index (χ3v) is 1.49. The molecular weight excluding hydrogens is 102 g/mol. The minimum absolute atomic E-state index is 0.181. The van der Waals surface area contributed by atoms with Crippen LogP contribution < -0.4 is 0 Å². The van der Waals surface area contributed by atoms with E-state index in [-0.39, 0.29) is 5.41 Å². The van der Waals surface area contributed by atoms with Crippen molar-refractivity contribution in [3.8, 4) is 6.07 Å². The van der Waals surface area contributed by atoms with Gasteiger partial charge in [-0.2, -0.15) is 5.26 Å². The predicted molar refractivity (Wildman–Crippen MR) is 29.2 cm³/mol. The fraction of sp³-hybridized carbons (Fsp3) is 0.833. The van der Waals surface area contributed by atoms with Crippen molar-refractivity contribution >= 4 is 0 Å². The van der Waals surface area contributed by atoms with Crippen molar-refractivity contribution in [3.05, 3.63) is 0 Å². The number of ether oxygens (including phenoxy) is 1. The van der Waals surface area contributed by atoms with Gasteiger partial charge in [0.25, 0.3) is 0 Å². The molecule has 0 unspecified atom stereocenters. The molecule has 1 aliphatic rings. The molecule has 1 atom stereocenters. The van der Waals surface area contributed by atoms with Crippen LogP contribution in [-0.4, -0.2) is 13.2 Å². The van der Waals surface area contributed by atoms with E-state index in [9.17, 15) is 0 Å². The van der Waals surface area contributed by atoms with Crippen molar-refractivity contribution in [3.63, 3.8) is 0 Å². The normalized spacial score (nSPS) is 37.0. The van der Waals surface area contributed by atoms with Crippen LogP contribution in [0.2, 0.25) is 0 Å². The molecule has 1 aliphatic heterocycles. The summed E-state index contributed by atoms with van der Waals surface area (Å²) >= 11 is 0. The molecule has 0 aliphatic carbocycles. The predicted octanol–water partition coefficient (Wildman–Crippen LogP) is 0.937. The zero-order valence-electron chi connectivity index (χ0n) is 4.98. The van der Waals surface area contributed by atoms with Gasteiger partial charge in [0, 0.05) is 6.61 Å². The lowest BCUT2D eigenvalue weighted by atomic mass is 9.93. The van der Waals surface area contributed by atoms with Gasteiger partial charge in [0.15, 0.2) is 0 Å². The fourth-order valence-electron chi connectivity index (χ4n) is 0.755. The maximum Gasteiger partial charge on any atom is 0.0800 e. The molecular formula is C6H9NO. The van der Waals surface area contributed by atoms with Crippen molar-refractivity contribution in [1.29, 1.82) is 5.26 Å². The van der Waals surface area contributed by atoms with Gasteiger partial charge in [-0.3, -0.25) is 0 Å². The average molecular weight is 111 g/mol. The second-order valence-electron chi connectivity index (χ2n) is 2.48. The number of hydrogen-bond donors (Lipinski definition) is 0. The maximum atomic E-state index is 8.50. The number of rotatable bonds is 0. The van der Waals surface area contributed by atoms with Crippen LogP contribution >= 0.6 is 0 Å². The van der Waals surface area contributed by atoms with Gasteiger partial charge >= 0.3 is 0 Å². The molecule has 0 aromatic rings. The highest BCUT2D eigenvalue weighted by molar-refractivity contribution is 4.97. The van der Waals surface area contributed by atoms with E-state index in [1.165, 1.54) is 0 Å². The monoisotopic (exact) mass is 111 g/mol. The average Bonchev–Trinajstić information content (AvgIpc) is 2.17. The first-order valence-corrected chi connectivity index (χ1v) is 2.76. The molecule has 1 heterocycles. The number of hydrogen-bond acceptors (Lipinski definition) is 2. The second-order valence-corrected chi connectivity index (χ2v) is 2.48. The van der Waals surface area contributed by atoms with Crippen molar-refractivity contribution in [2.45, 2.75) is 13.3 Å². The molecule has 0 saturated carbocycles. The Morgan fingerprint density at radius 2 is 2.50 bits per heavy atom. The van der Waals surface area contributed by atoms with Crippen LogP contribution in [0.4, 0.5) is 0 Å². The summed E-state index contributed by atoms with van der Waals surface area (Å²) in [6.45, 7) is 3.30. The van der Waals surface area contributed by atoms with Gasteiger partial charge in [-0.15, -0.1) is 0 Å². The van der Waals surface area contributed by atoms with Crippen molar-refractivity contribution in [2.24, 2.45) is 5.41 Å². The van der Waals surface area contributed by atoms with Gasteiger partial charge in [0.2, 0.25) is 0 Å². The van der Waals surface area contributed by atoms with Crippen molar-refractivity contribution < 1.29 is 4.74 Å². The van der Waals surface area contributed by atoms with E-state index in [2.05, 4.69) is 6.07 Å². The Hall–Kier alpha value is -0.550. The van der Waals surface area contributed by atoms with Crippen LogP contribution in [0.15, 0.2) is 0 Å². The van der Waals surface area contributed by atoms with Gasteiger partial charge in [-0.1, -0.05) is 0 Å².